The smallest absolute Gasteiger partial charge is 0.0647 e. The minimum atomic E-state index is 0.728. The molecule has 0 saturated carbocycles. The Labute approximate surface area is 253 Å². The van der Waals surface area contributed by atoms with E-state index in [0.717, 1.165) is 23.6 Å². The van der Waals surface area contributed by atoms with Crippen LogP contribution in [0.15, 0.2) is 158 Å². The van der Waals surface area contributed by atoms with Gasteiger partial charge in [-0.2, -0.15) is 0 Å². The Morgan fingerprint density at radius 2 is 0.860 bits per heavy atom. The Hall–Kier alpha value is -5.38. The molecule has 0 fully saturated rings. The third-order valence-electron chi connectivity index (χ3n) is 7.87. The van der Waals surface area contributed by atoms with E-state index in [2.05, 4.69) is 150 Å². The van der Waals surface area contributed by atoms with Crippen LogP contribution in [0, 0.1) is 0 Å². The molecule has 0 aliphatic rings. The highest BCUT2D eigenvalue weighted by atomic mass is 15.1. The molecule has 7 rings (SSSR count). The van der Waals surface area contributed by atoms with Crippen molar-refractivity contribution in [3.63, 3.8) is 0 Å². The summed E-state index contributed by atoms with van der Waals surface area (Å²) in [5.74, 6) is 0. The van der Waals surface area contributed by atoms with Gasteiger partial charge in [-0.15, -0.1) is 0 Å². The molecular formula is C40H35N3. The van der Waals surface area contributed by atoms with Gasteiger partial charge in [0, 0.05) is 12.2 Å². The zero-order valence-corrected chi connectivity index (χ0v) is 24.3. The van der Waals surface area contributed by atoms with Crippen LogP contribution in [0.3, 0.4) is 0 Å². The second-order valence-corrected chi connectivity index (χ2v) is 10.4. The highest BCUT2D eigenvalue weighted by molar-refractivity contribution is 6.21. The van der Waals surface area contributed by atoms with Gasteiger partial charge in [0.05, 0.1) is 11.4 Å². The fourth-order valence-corrected chi connectivity index (χ4v) is 5.98. The lowest BCUT2D eigenvalue weighted by atomic mass is 9.86. The molecule has 0 heterocycles. The summed E-state index contributed by atoms with van der Waals surface area (Å²) in [4.78, 5) is 2.29. The van der Waals surface area contributed by atoms with Crippen molar-refractivity contribution in [2.45, 2.75) is 6.54 Å². The van der Waals surface area contributed by atoms with E-state index >= 15 is 0 Å². The Morgan fingerprint density at radius 3 is 1.37 bits per heavy atom. The fraction of sp³-hybridized carbons (Fsp3) is 0.0500. The lowest BCUT2D eigenvalue weighted by Gasteiger charge is -2.27. The summed E-state index contributed by atoms with van der Waals surface area (Å²) in [6.07, 6.45) is 0. The number of anilines is 3. The largest absolute Gasteiger partial charge is 0.397 e. The average Bonchev–Trinajstić information content (AvgIpc) is 3.08. The summed E-state index contributed by atoms with van der Waals surface area (Å²) in [6, 6.07) is 55.9. The molecule has 7 aromatic carbocycles. The first-order valence-electron chi connectivity index (χ1n) is 14.6. The first-order valence-corrected chi connectivity index (χ1v) is 14.6. The zero-order valence-electron chi connectivity index (χ0n) is 24.3. The maximum atomic E-state index is 6.48. The van der Waals surface area contributed by atoms with Crippen molar-refractivity contribution in [1.82, 2.24) is 0 Å². The molecular weight excluding hydrogens is 522 g/mol. The van der Waals surface area contributed by atoms with E-state index in [9.17, 15) is 0 Å². The number of nitrogens with zero attached hydrogens (tertiary/aromatic N) is 1. The zero-order chi connectivity index (χ0) is 29.6. The fourth-order valence-electron chi connectivity index (χ4n) is 5.98. The standard InChI is InChI=1S/C39H30N2.CH5N/c40-36-21-11-12-22-37(36)41(27-28-13-3-1-4-14-28)31-25-23-30(24-26-31)39-34-19-9-7-17-32(34)38(29-15-5-2-6-16-29)33-18-8-10-20-35(33)39;1-2/h1-26H,27,40H2;2H2,1H3. The van der Waals surface area contributed by atoms with Crippen LogP contribution in [0.2, 0.25) is 0 Å². The molecule has 0 unspecified atom stereocenters. The van der Waals surface area contributed by atoms with E-state index in [1.165, 1.54) is 56.4 Å². The van der Waals surface area contributed by atoms with Crippen molar-refractivity contribution in [1.29, 1.82) is 0 Å². The maximum absolute atomic E-state index is 6.48. The van der Waals surface area contributed by atoms with Gasteiger partial charge < -0.3 is 16.4 Å². The van der Waals surface area contributed by atoms with E-state index in [-0.39, 0.29) is 0 Å². The Morgan fingerprint density at radius 1 is 0.442 bits per heavy atom. The van der Waals surface area contributed by atoms with Crippen molar-refractivity contribution in [3.05, 3.63) is 163 Å². The number of rotatable bonds is 6. The molecule has 4 N–H and O–H groups in total. The first-order chi connectivity index (χ1) is 21.3. The maximum Gasteiger partial charge on any atom is 0.0647 e. The molecule has 0 aliphatic heterocycles. The van der Waals surface area contributed by atoms with Gasteiger partial charge in [0.25, 0.3) is 0 Å². The summed E-state index contributed by atoms with van der Waals surface area (Å²) < 4.78 is 0. The van der Waals surface area contributed by atoms with Gasteiger partial charge in [-0.05, 0) is 80.7 Å². The van der Waals surface area contributed by atoms with Crippen LogP contribution < -0.4 is 16.4 Å². The van der Waals surface area contributed by atoms with Crippen LogP contribution in [-0.4, -0.2) is 7.05 Å². The monoisotopic (exact) mass is 557 g/mol. The molecule has 43 heavy (non-hydrogen) atoms. The summed E-state index contributed by atoms with van der Waals surface area (Å²) in [6.45, 7) is 0.728. The van der Waals surface area contributed by atoms with Crippen LogP contribution in [0.1, 0.15) is 5.56 Å². The quantitative estimate of drug-likeness (QED) is 0.158. The van der Waals surface area contributed by atoms with Crippen LogP contribution in [0.5, 0.6) is 0 Å². The van der Waals surface area contributed by atoms with Gasteiger partial charge in [0.15, 0.2) is 0 Å². The molecule has 0 atom stereocenters. The van der Waals surface area contributed by atoms with Crippen molar-refractivity contribution >= 4 is 38.6 Å². The Balaban J connectivity index is 0.00000161. The number of nitrogens with two attached hydrogens (primary N) is 2. The molecule has 0 bridgehead atoms. The summed E-state index contributed by atoms with van der Waals surface area (Å²) in [5.41, 5.74) is 20.1. The van der Waals surface area contributed by atoms with Crippen LogP contribution in [0.4, 0.5) is 17.1 Å². The summed E-state index contributed by atoms with van der Waals surface area (Å²) in [5, 5.41) is 5.04. The molecule has 7 aromatic rings. The molecule has 0 spiro atoms. The normalized spacial score (nSPS) is 10.7. The Bertz CT molecular complexity index is 1910. The number of hydrogen-bond donors (Lipinski definition) is 2. The molecule has 0 radical (unpaired) electrons. The highest BCUT2D eigenvalue weighted by Gasteiger charge is 2.17. The number of nitrogen functional groups attached to an aromatic ring is 1. The molecule has 210 valence electrons. The summed E-state index contributed by atoms with van der Waals surface area (Å²) >= 11 is 0. The van der Waals surface area contributed by atoms with Gasteiger partial charge in [-0.1, -0.05) is 133 Å². The first kappa shape index (κ1) is 27.8. The highest BCUT2D eigenvalue weighted by Crippen LogP contribution is 2.44. The predicted octanol–water partition coefficient (Wildman–Crippen LogP) is 9.82. The van der Waals surface area contributed by atoms with E-state index in [0.29, 0.717) is 0 Å². The lowest BCUT2D eigenvalue weighted by Crippen LogP contribution is -2.17. The number of benzene rings is 7. The van der Waals surface area contributed by atoms with Crippen LogP contribution >= 0.6 is 0 Å². The average molecular weight is 558 g/mol. The van der Waals surface area contributed by atoms with Crippen molar-refractivity contribution in [3.8, 4) is 22.3 Å². The van der Waals surface area contributed by atoms with Gasteiger partial charge in [-0.25, -0.2) is 0 Å². The molecule has 3 nitrogen and oxygen atoms in total. The van der Waals surface area contributed by atoms with E-state index in [1.54, 1.807) is 0 Å². The van der Waals surface area contributed by atoms with Crippen molar-refractivity contribution in [2.75, 3.05) is 17.7 Å². The second-order valence-electron chi connectivity index (χ2n) is 10.4. The van der Waals surface area contributed by atoms with Crippen LogP contribution in [-0.2, 0) is 6.54 Å². The minimum absolute atomic E-state index is 0.728. The molecule has 0 saturated heterocycles. The molecule has 0 aromatic heterocycles. The van der Waals surface area contributed by atoms with Crippen LogP contribution in [0.25, 0.3) is 43.8 Å². The van der Waals surface area contributed by atoms with Crippen molar-refractivity contribution in [2.24, 2.45) is 5.73 Å². The third kappa shape index (κ3) is 5.46. The minimum Gasteiger partial charge on any atom is -0.397 e. The van der Waals surface area contributed by atoms with Gasteiger partial charge in [0.1, 0.15) is 0 Å². The summed E-state index contributed by atoms with van der Waals surface area (Å²) in [7, 11) is 1.50. The SMILES string of the molecule is CN.Nc1ccccc1N(Cc1ccccc1)c1ccc(-c2c3ccccc3c(-c3ccccc3)c3ccccc23)cc1. The van der Waals surface area contributed by atoms with E-state index in [4.69, 9.17) is 5.73 Å². The van der Waals surface area contributed by atoms with Gasteiger partial charge >= 0.3 is 0 Å². The molecule has 0 amide bonds. The Kier molecular flexibility index (Phi) is 8.17. The van der Waals surface area contributed by atoms with Gasteiger partial charge in [0.2, 0.25) is 0 Å². The number of hydrogen-bond acceptors (Lipinski definition) is 3. The topological polar surface area (TPSA) is 55.3 Å². The van der Waals surface area contributed by atoms with E-state index in [1.807, 2.05) is 18.2 Å². The van der Waals surface area contributed by atoms with E-state index < -0.39 is 0 Å². The predicted molar refractivity (Wildman–Crippen MR) is 186 cm³/mol. The van der Waals surface area contributed by atoms with Crippen molar-refractivity contribution < 1.29 is 0 Å². The third-order valence-corrected chi connectivity index (χ3v) is 7.87. The molecule has 0 aliphatic carbocycles. The number of para-hydroxylation sites is 2. The second kappa shape index (κ2) is 12.6. The number of fused-ring (bicyclic) bond motifs is 2. The lowest BCUT2D eigenvalue weighted by molar-refractivity contribution is 0.977. The van der Waals surface area contributed by atoms with Gasteiger partial charge in [-0.3, -0.25) is 0 Å². The molecule has 3 heteroatoms.